The van der Waals surface area contributed by atoms with Gasteiger partial charge in [0.1, 0.15) is 11.9 Å². The van der Waals surface area contributed by atoms with Gasteiger partial charge in [0, 0.05) is 18.1 Å². The van der Waals surface area contributed by atoms with Gasteiger partial charge in [-0.1, -0.05) is 15.9 Å². The summed E-state index contributed by atoms with van der Waals surface area (Å²) in [6, 6.07) is 3.68. The van der Waals surface area contributed by atoms with E-state index in [1.54, 1.807) is 13.2 Å². The monoisotopic (exact) mass is 316 g/mol. The van der Waals surface area contributed by atoms with Crippen LogP contribution in [0.1, 0.15) is 5.56 Å². The van der Waals surface area contributed by atoms with Crippen LogP contribution in [0.4, 0.5) is 5.69 Å². The first kappa shape index (κ1) is 14.9. The van der Waals surface area contributed by atoms with E-state index < -0.39 is 6.10 Å². The number of amides is 1. The zero-order valence-electron chi connectivity index (χ0n) is 10.6. The third-order valence-corrected chi connectivity index (χ3v) is 2.98. The van der Waals surface area contributed by atoms with Gasteiger partial charge in [-0.25, -0.2) is 0 Å². The fraction of sp³-hybridized carbons (Fsp3) is 0.417. The number of anilines is 1. The predicted octanol–water partition coefficient (Wildman–Crippen LogP) is 1.68. The summed E-state index contributed by atoms with van der Waals surface area (Å²) in [5, 5.41) is 2.77. The Morgan fingerprint density at radius 1 is 1.50 bits per heavy atom. The molecule has 0 radical (unpaired) electrons. The second-order valence-electron chi connectivity index (χ2n) is 3.75. The molecule has 1 aromatic carbocycles. The van der Waals surface area contributed by atoms with E-state index in [0.717, 1.165) is 10.0 Å². The van der Waals surface area contributed by atoms with Crippen molar-refractivity contribution in [2.24, 2.45) is 5.73 Å². The van der Waals surface area contributed by atoms with Gasteiger partial charge in [0.2, 0.25) is 0 Å². The number of benzene rings is 1. The minimum absolute atomic E-state index is 0.125. The van der Waals surface area contributed by atoms with Crippen LogP contribution in [-0.2, 0) is 9.53 Å². The Hall–Kier alpha value is -1.11. The number of methoxy groups -OCH3 is 2. The van der Waals surface area contributed by atoms with Crippen LogP contribution in [0.5, 0.6) is 5.75 Å². The van der Waals surface area contributed by atoms with Crippen molar-refractivity contribution in [3.63, 3.8) is 0 Å². The van der Waals surface area contributed by atoms with Crippen molar-refractivity contribution >= 4 is 27.5 Å². The number of ether oxygens (including phenoxy) is 2. The van der Waals surface area contributed by atoms with Crippen LogP contribution >= 0.6 is 15.9 Å². The molecule has 1 atom stereocenters. The summed E-state index contributed by atoms with van der Waals surface area (Å²) < 4.78 is 11.1. The van der Waals surface area contributed by atoms with E-state index in [1.165, 1.54) is 7.11 Å². The Kier molecular flexibility index (Phi) is 5.58. The fourth-order valence-electron chi connectivity index (χ4n) is 1.55. The molecule has 3 N–H and O–H groups in total. The Morgan fingerprint density at radius 2 is 2.17 bits per heavy atom. The molecule has 18 heavy (non-hydrogen) atoms. The number of aryl methyl sites for hydroxylation is 1. The molecular weight excluding hydrogens is 300 g/mol. The van der Waals surface area contributed by atoms with Gasteiger partial charge >= 0.3 is 0 Å². The number of nitrogens with one attached hydrogen (secondary N) is 1. The minimum Gasteiger partial charge on any atom is -0.495 e. The highest BCUT2D eigenvalue weighted by Crippen LogP contribution is 2.32. The van der Waals surface area contributed by atoms with Crippen molar-refractivity contribution in [1.82, 2.24) is 0 Å². The summed E-state index contributed by atoms with van der Waals surface area (Å²) in [7, 11) is 3.00. The molecule has 1 aromatic rings. The third-order valence-electron chi connectivity index (χ3n) is 2.52. The van der Waals surface area contributed by atoms with Crippen molar-refractivity contribution < 1.29 is 14.3 Å². The lowest BCUT2D eigenvalue weighted by Crippen LogP contribution is -2.36. The summed E-state index contributed by atoms with van der Waals surface area (Å²) in [6.07, 6.45) is -0.669. The van der Waals surface area contributed by atoms with Gasteiger partial charge in [0.05, 0.1) is 12.8 Å². The van der Waals surface area contributed by atoms with E-state index >= 15 is 0 Å². The van der Waals surface area contributed by atoms with Crippen LogP contribution in [0.3, 0.4) is 0 Å². The summed E-state index contributed by atoms with van der Waals surface area (Å²) in [4.78, 5) is 11.9. The average Bonchev–Trinajstić information content (AvgIpc) is 2.33. The second-order valence-corrected chi connectivity index (χ2v) is 4.66. The normalized spacial score (nSPS) is 12.1. The molecule has 0 fully saturated rings. The van der Waals surface area contributed by atoms with Gasteiger partial charge in [0.25, 0.3) is 5.91 Å². The molecule has 0 aliphatic heterocycles. The average molecular weight is 317 g/mol. The summed E-state index contributed by atoms with van der Waals surface area (Å²) >= 11 is 3.37. The van der Waals surface area contributed by atoms with Crippen molar-refractivity contribution in [3.05, 3.63) is 22.2 Å². The quantitative estimate of drug-likeness (QED) is 0.866. The maximum atomic E-state index is 11.9. The van der Waals surface area contributed by atoms with E-state index in [0.29, 0.717) is 11.4 Å². The number of hydrogen-bond donors (Lipinski definition) is 2. The van der Waals surface area contributed by atoms with Gasteiger partial charge in [-0.05, 0) is 24.6 Å². The molecule has 5 nitrogen and oxygen atoms in total. The molecule has 0 heterocycles. The lowest BCUT2D eigenvalue weighted by molar-refractivity contribution is -0.125. The maximum absolute atomic E-state index is 11.9. The summed E-state index contributed by atoms with van der Waals surface area (Å²) in [6.45, 7) is 2.01. The molecular formula is C12H17BrN2O3. The number of rotatable bonds is 5. The zero-order valence-corrected chi connectivity index (χ0v) is 12.2. The first-order valence-electron chi connectivity index (χ1n) is 5.41. The zero-order chi connectivity index (χ0) is 13.7. The largest absolute Gasteiger partial charge is 0.495 e. The Labute approximate surface area is 115 Å². The molecule has 6 heteroatoms. The molecule has 1 amide bonds. The Balaban J connectivity index is 3.00. The first-order valence-corrected chi connectivity index (χ1v) is 6.20. The van der Waals surface area contributed by atoms with E-state index in [1.807, 2.05) is 13.0 Å². The van der Waals surface area contributed by atoms with Gasteiger partial charge in [-0.3, -0.25) is 4.79 Å². The Bertz CT molecular complexity index is 434. The van der Waals surface area contributed by atoms with Crippen molar-refractivity contribution in [3.8, 4) is 5.75 Å². The molecule has 0 aliphatic carbocycles. The van der Waals surface area contributed by atoms with Gasteiger partial charge in [-0.15, -0.1) is 0 Å². The number of carbonyl (C=O) groups excluding carboxylic acids is 1. The lowest BCUT2D eigenvalue weighted by Gasteiger charge is -2.17. The van der Waals surface area contributed by atoms with Crippen molar-refractivity contribution in [2.45, 2.75) is 13.0 Å². The number of nitrogens with two attached hydrogens (primary N) is 1. The van der Waals surface area contributed by atoms with E-state index in [-0.39, 0.29) is 12.5 Å². The Morgan fingerprint density at radius 3 is 2.67 bits per heavy atom. The predicted molar refractivity (Wildman–Crippen MR) is 73.9 cm³/mol. The fourth-order valence-corrected chi connectivity index (χ4v) is 2.10. The van der Waals surface area contributed by atoms with Crippen LogP contribution in [0.25, 0.3) is 0 Å². The van der Waals surface area contributed by atoms with E-state index in [2.05, 4.69) is 21.2 Å². The molecule has 0 saturated carbocycles. The molecule has 0 aliphatic rings. The van der Waals surface area contributed by atoms with Gasteiger partial charge in [-0.2, -0.15) is 0 Å². The first-order chi connectivity index (χ1) is 8.53. The molecule has 1 rings (SSSR count). The highest BCUT2D eigenvalue weighted by Gasteiger charge is 2.18. The lowest BCUT2D eigenvalue weighted by atomic mass is 10.1. The van der Waals surface area contributed by atoms with E-state index in [4.69, 9.17) is 15.2 Å². The maximum Gasteiger partial charge on any atom is 0.254 e. The highest BCUT2D eigenvalue weighted by atomic mass is 79.9. The molecule has 0 spiro atoms. The van der Waals surface area contributed by atoms with Crippen molar-refractivity contribution in [1.29, 1.82) is 0 Å². The number of carbonyl (C=O) groups is 1. The SMILES string of the molecule is COc1cc(Br)cc(C)c1NC(=O)C(CN)OC. The van der Waals surface area contributed by atoms with E-state index in [9.17, 15) is 4.79 Å². The smallest absolute Gasteiger partial charge is 0.254 e. The van der Waals surface area contributed by atoms with Crippen LogP contribution in [0.15, 0.2) is 16.6 Å². The van der Waals surface area contributed by atoms with Crippen LogP contribution in [0.2, 0.25) is 0 Å². The number of hydrogen-bond acceptors (Lipinski definition) is 4. The topological polar surface area (TPSA) is 73.6 Å². The van der Waals surface area contributed by atoms with Crippen LogP contribution in [0, 0.1) is 6.92 Å². The second kappa shape index (κ2) is 6.72. The minimum atomic E-state index is -0.669. The molecule has 0 aromatic heterocycles. The number of halogens is 1. The summed E-state index contributed by atoms with van der Waals surface area (Å²) in [5.74, 6) is 0.297. The summed E-state index contributed by atoms with van der Waals surface area (Å²) in [5.41, 5.74) is 6.96. The highest BCUT2D eigenvalue weighted by molar-refractivity contribution is 9.10. The van der Waals surface area contributed by atoms with Gasteiger partial charge in [0.15, 0.2) is 0 Å². The van der Waals surface area contributed by atoms with Crippen LogP contribution < -0.4 is 15.8 Å². The molecule has 0 bridgehead atoms. The standard InChI is InChI=1S/C12H17BrN2O3/c1-7-4-8(13)5-9(17-2)11(7)15-12(16)10(6-14)18-3/h4-5,10H,6,14H2,1-3H3,(H,15,16). The molecule has 0 saturated heterocycles. The van der Waals surface area contributed by atoms with Gasteiger partial charge < -0.3 is 20.5 Å². The molecule has 100 valence electrons. The molecule has 1 unspecified atom stereocenters. The van der Waals surface area contributed by atoms with Crippen LogP contribution in [-0.4, -0.2) is 32.8 Å². The third kappa shape index (κ3) is 3.44. The van der Waals surface area contributed by atoms with Crippen molar-refractivity contribution in [2.75, 3.05) is 26.1 Å².